The van der Waals surface area contributed by atoms with E-state index in [2.05, 4.69) is 12.3 Å². The van der Waals surface area contributed by atoms with Crippen molar-refractivity contribution in [1.82, 2.24) is 0 Å². The van der Waals surface area contributed by atoms with E-state index >= 15 is 0 Å². The summed E-state index contributed by atoms with van der Waals surface area (Å²) in [6.07, 6.45) is 3.46. The topological polar surface area (TPSA) is 17.1 Å². The Labute approximate surface area is 106 Å². The Bertz CT molecular complexity index is 485. The molecule has 1 aromatic heterocycles. The maximum Gasteiger partial charge on any atom is 0.202 e. The second-order valence-corrected chi connectivity index (χ2v) is 5.03. The Morgan fingerprint density at radius 1 is 1.24 bits per heavy atom. The second-order valence-electron chi connectivity index (χ2n) is 4.12. The molecule has 0 atom stereocenters. The van der Waals surface area contributed by atoms with Crippen LogP contribution in [0.2, 0.25) is 0 Å². The van der Waals surface area contributed by atoms with Gasteiger partial charge in [-0.05, 0) is 29.9 Å². The Balaban J connectivity index is 2.12. The second kappa shape index (κ2) is 5.78. The Morgan fingerprint density at radius 2 is 2.00 bits per heavy atom. The van der Waals surface area contributed by atoms with Gasteiger partial charge in [-0.2, -0.15) is 0 Å². The van der Waals surface area contributed by atoms with Gasteiger partial charge in [0.1, 0.15) is 0 Å². The molecule has 88 valence electrons. The summed E-state index contributed by atoms with van der Waals surface area (Å²) in [7, 11) is 0. The molecule has 0 unspecified atom stereocenters. The van der Waals surface area contributed by atoms with Crippen molar-refractivity contribution in [3.63, 3.8) is 0 Å². The molecule has 2 rings (SSSR count). The van der Waals surface area contributed by atoms with E-state index in [1.807, 2.05) is 36.4 Å². The van der Waals surface area contributed by atoms with Crippen molar-refractivity contribution in [3.05, 3.63) is 57.8 Å². The van der Waals surface area contributed by atoms with Crippen molar-refractivity contribution in [3.8, 4) is 0 Å². The average molecular weight is 244 g/mol. The number of benzene rings is 1. The van der Waals surface area contributed by atoms with Gasteiger partial charge in [0.15, 0.2) is 0 Å². The SMILES string of the molecule is CCCCc1csc(C(=O)c2ccccc2)c1. The van der Waals surface area contributed by atoms with Crippen LogP contribution in [-0.2, 0) is 6.42 Å². The number of carbonyl (C=O) groups excluding carboxylic acids is 1. The molecule has 0 radical (unpaired) electrons. The normalized spacial score (nSPS) is 10.4. The molecule has 1 aromatic carbocycles. The van der Waals surface area contributed by atoms with E-state index in [1.54, 1.807) is 11.3 Å². The monoisotopic (exact) mass is 244 g/mol. The average Bonchev–Trinajstić information content (AvgIpc) is 2.85. The van der Waals surface area contributed by atoms with Crippen LogP contribution in [0.5, 0.6) is 0 Å². The standard InChI is InChI=1S/C15H16OS/c1-2-3-7-12-10-14(17-11-12)15(16)13-8-5-4-6-9-13/h4-6,8-11H,2-3,7H2,1H3. The van der Waals surface area contributed by atoms with Gasteiger partial charge in [0.25, 0.3) is 0 Å². The molecule has 1 nitrogen and oxygen atoms in total. The highest BCUT2D eigenvalue weighted by Crippen LogP contribution is 2.20. The highest BCUT2D eigenvalue weighted by Gasteiger charge is 2.10. The smallest absolute Gasteiger partial charge is 0.202 e. The molecule has 0 saturated carbocycles. The number of hydrogen-bond donors (Lipinski definition) is 0. The maximum absolute atomic E-state index is 12.1. The van der Waals surface area contributed by atoms with Crippen molar-refractivity contribution in [2.45, 2.75) is 26.2 Å². The first-order valence-electron chi connectivity index (χ1n) is 5.98. The molecule has 0 aliphatic carbocycles. The van der Waals surface area contributed by atoms with Gasteiger partial charge < -0.3 is 0 Å². The van der Waals surface area contributed by atoms with Crippen molar-refractivity contribution >= 4 is 17.1 Å². The number of aryl methyl sites for hydroxylation is 1. The fourth-order valence-corrected chi connectivity index (χ4v) is 2.65. The van der Waals surface area contributed by atoms with Gasteiger partial charge in [-0.15, -0.1) is 11.3 Å². The molecule has 0 spiro atoms. The van der Waals surface area contributed by atoms with Crippen LogP contribution in [0, 0.1) is 0 Å². The largest absolute Gasteiger partial charge is 0.288 e. The lowest BCUT2D eigenvalue weighted by molar-refractivity contribution is 0.104. The Kier molecular flexibility index (Phi) is 4.10. The van der Waals surface area contributed by atoms with Gasteiger partial charge in [0.2, 0.25) is 5.78 Å². The van der Waals surface area contributed by atoms with Crippen LogP contribution >= 0.6 is 11.3 Å². The summed E-state index contributed by atoms with van der Waals surface area (Å²) >= 11 is 1.55. The zero-order valence-electron chi connectivity index (χ0n) is 9.98. The molecule has 2 aromatic rings. The number of carbonyl (C=O) groups is 1. The van der Waals surface area contributed by atoms with Crippen LogP contribution in [0.15, 0.2) is 41.8 Å². The zero-order valence-corrected chi connectivity index (χ0v) is 10.8. The first kappa shape index (κ1) is 12.1. The number of unbranched alkanes of at least 4 members (excludes halogenated alkanes) is 1. The Hall–Kier alpha value is -1.41. The Morgan fingerprint density at radius 3 is 2.71 bits per heavy atom. The molecular formula is C15H16OS. The molecule has 17 heavy (non-hydrogen) atoms. The third kappa shape index (κ3) is 3.04. The predicted molar refractivity (Wildman–Crippen MR) is 72.8 cm³/mol. The number of rotatable bonds is 5. The fraction of sp³-hybridized carbons (Fsp3) is 0.267. The van der Waals surface area contributed by atoms with Crippen molar-refractivity contribution in [2.75, 3.05) is 0 Å². The summed E-state index contributed by atoms with van der Waals surface area (Å²) < 4.78 is 0. The van der Waals surface area contributed by atoms with Gasteiger partial charge in [-0.1, -0.05) is 43.7 Å². The lowest BCUT2D eigenvalue weighted by atomic mass is 10.1. The molecule has 2 heteroatoms. The summed E-state index contributed by atoms with van der Waals surface area (Å²) in [6.45, 7) is 2.18. The van der Waals surface area contributed by atoms with E-state index in [4.69, 9.17) is 0 Å². The summed E-state index contributed by atoms with van der Waals surface area (Å²) in [4.78, 5) is 13.0. The number of ketones is 1. The lowest BCUT2D eigenvalue weighted by Crippen LogP contribution is -1.97. The summed E-state index contributed by atoms with van der Waals surface area (Å²) in [6, 6.07) is 11.5. The van der Waals surface area contributed by atoms with Crippen LogP contribution in [-0.4, -0.2) is 5.78 Å². The minimum absolute atomic E-state index is 0.137. The predicted octanol–water partition coefficient (Wildman–Crippen LogP) is 4.32. The van der Waals surface area contributed by atoms with Crippen LogP contribution in [0.1, 0.15) is 40.6 Å². The van der Waals surface area contributed by atoms with Crippen LogP contribution in [0.4, 0.5) is 0 Å². The minimum Gasteiger partial charge on any atom is -0.288 e. The first-order chi connectivity index (χ1) is 8.31. The number of hydrogen-bond acceptors (Lipinski definition) is 2. The van der Waals surface area contributed by atoms with Gasteiger partial charge in [0, 0.05) is 5.56 Å². The van der Waals surface area contributed by atoms with E-state index in [0.29, 0.717) is 0 Å². The van der Waals surface area contributed by atoms with E-state index in [-0.39, 0.29) is 5.78 Å². The third-order valence-corrected chi connectivity index (χ3v) is 3.71. The van der Waals surface area contributed by atoms with Crippen molar-refractivity contribution in [1.29, 1.82) is 0 Å². The fourth-order valence-electron chi connectivity index (χ4n) is 1.74. The minimum atomic E-state index is 0.137. The summed E-state index contributed by atoms with van der Waals surface area (Å²) in [5.41, 5.74) is 2.06. The molecule has 0 N–H and O–H groups in total. The molecule has 0 amide bonds. The molecule has 0 aliphatic heterocycles. The number of thiophene rings is 1. The highest BCUT2D eigenvalue weighted by molar-refractivity contribution is 7.12. The van der Waals surface area contributed by atoms with Crippen LogP contribution in [0.3, 0.4) is 0 Å². The van der Waals surface area contributed by atoms with E-state index in [9.17, 15) is 4.79 Å². The van der Waals surface area contributed by atoms with Gasteiger partial charge in [0.05, 0.1) is 4.88 Å². The van der Waals surface area contributed by atoms with Gasteiger partial charge in [-0.3, -0.25) is 4.79 Å². The molecule has 0 fully saturated rings. The van der Waals surface area contributed by atoms with Crippen molar-refractivity contribution in [2.24, 2.45) is 0 Å². The highest BCUT2D eigenvalue weighted by atomic mass is 32.1. The summed E-state index contributed by atoms with van der Waals surface area (Å²) in [5.74, 6) is 0.137. The van der Waals surface area contributed by atoms with Crippen molar-refractivity contribution < 1.29 is 4.79 Å². The maximum atomic E-state index is 12.1. The first-order valence-corrected chi connectivity index (χ1v) is 6.86. The van der Waals surface area contributed by atoms with Gasteiger partial charge in [-0.25, -0.2) is 0 Å². The summed E-state index contributed by atoms with van der Waals surface area (Å²) in [5, 5.41) is 2.10. The van der Waals surface area contributed by atoms with Gasteiger partial charge >= 0.3 is 0 Å². The van der Waals surface area contributed by atoms with E-state index < -0.39 is 0 Å². The van der Waals surface area contributed by atoms with Crippen LogP contribution < -0.4 is 0 Å². The molecule has 0 aliphatic rings. The molecule has 1 heterocycles. The zero-order chi connectivity index (χ0) is 12.1. The molecular weight excluding hydrogens is 228 g/mol. The third-order valence-electron chi connectivity index (χ3n) is 2.73. The molecule has 0 bridgehead atoms. The lowest BCUT2D eigenvalue weighted by Gasteiger charge is -1.96. The van der Waals surface area contributed by atoms with E-state index in [1.165, 1.54) is 18.4 Å². The molecule has 0 saturated heterocycles. The quantitative estimate of drug-likeness (QED) is 0.716. The van der Waals surface area contributed by atoms with E-state index in [0.717, 1.165) is 16.9 Å². The van der Waals surface area contributed by atoms with Crippen LogP contribution in [0.25, 0.3) is 0 Å².